The highest BCUT2D eigenvalue weighted by Gasteiger charge is 2.20. The average Bonchev–Trinajstić information content (AvgIpc) is 2.41. The summed E-state index contributed by atoms with van der Waals surface area (Å²) in [5, 5.41) is 3.13. The first-order valence-electron chi connectivity index (χ1n) is 7.31. The monoisotopic (exact) mass is 295 g/mol. The van der Waals surface area contributed by atoms with Gasteiger partial charge >= 0.3 is 0 Å². The van der Waals surface area contributed by atoms with Gasteiger partial charge in [-0.1, -0.05) is 19.8 Å². The summed E-state index contributed by atoms with van der Waals surface area (Å²) < 4.78 is 12.8. The van der Waals surface area contributed by atoms with Gasteiger partial charge in [-0.05, 0) is 43.0 Å². The van der Waals surface area contributed by atoms with Crippen molar-refractivity contribution in [2.24, 2.45) is 5.92 Å². The van der Waals surface area contributed by atoms with Crippen LogP contribution in [-0.2, 0) is 4.79 Å². The van der Waals surface area contributed by atoms with Gasteiger partial charge in [0.15, 0.2) is 0 Å². The minimum atomic E-state index is -0.224. The maximum atomic E-state index is 12.8. The molecule has 1 aliphatic rings. The van der Waals surface area contributed by atoms with Crippen LogP contribution in [0.1, 0.15) is 39.0 Å². The van der Waals surface area contributed by atoms with Crippen LogP contribution in [0.5, 0.6) is 0 Å². The van der Waals surface area contributed by atoms with Gasteiger partial charge in [0.25, 0.3) is 0 Å². The lowest BCUT2D eigenvalue weighted by Crippen LogP contribution is -2.38. The summed E-state index contributed by atoms with van der Waals surface area (Å²) in [4.78, 5) is 12.9. The molecule has 1 N–H and O–H groups in total. The molecule has 1 aliphatic carbocycles. The summed E-state index contributed by atoms with van der Waals surface area (Å²) in [6, 6.07) is 6.76. The van der Waals surface area contributed by atoms with E-state index < -0.39 is 0 Å². The van der Waals surface area contributed by atoms with Crippen molar-refractivity contribution in [1.82, 2.24) is 5.32 Å². The molecular formula is C16H22FNOS. The summed E-state index contributed by atoms with van der Waals surface area (Å²) in [6.07, 6.45) is 5.24. The third-order valence-corrected chi connectivity index (χ3v) is 4.73. The van der Waals surface area contributed by atoms with Crippen molar-refractivity contribution in [3.8, 4) is 0 Å². The SMILES string of the molecule is CC1CCCC(NC(=O)CCSc2ccc(F)cc2)C1. The van der Waals surface area contributed by atoms with Gasteiger partial charge in [0, 0.05) is 23.1 Å². The smallest absolute Gasteiger partial charge is 0.221 e. The van der Waals surface area contributed by atoms with Gasteiger partial charge in [-0.3, -0.25) is 4.79 Å². The number of carbonyl (C=O) groups is 1. The molecule has 1 saturated carbocycles. The highest BCUT2D eigenvalue weighted by Crippen LogP contribution is 2.24. The van der Waals surface area contributed by atoms with E-state index in [-0.39, 0.29) is 11.7 Å². The number of hydrogen-bond acceptors (Lipinski definition) is 2. The van der Waals surface area contributed by atoms with Crippen molar-refractivity contribution in [2.75, 3.05) is 5.75 Å². The molecule has 0 heterocycles. The van der Waals surface area contributed by atoms with Gasteiger partial charge in [-0.2, -0.15) is 0 Å². The fourth-order valence-electron chi connectivity index (χ4n) is 2.66. The molecule has 0 bridgehead atoms. The predicted molar refractivity (Wildman–Crippen MR) is 81.3 cm³/mol. The minimum Gasteiger partial charge on any atom is -0.353 e. The average molecular weight is 295 g/mol. The van der Waals surface area contributed by atoms with Crippen LogP contribution in [0, 0.1) is 11.7 Å². The highest BCUT2D eigenvalue weighted by molar-refractivity contribution is 7.99. The lowest BCUT2D eigenvalue weighted by molar-refractivity contribution is -0.121. The van der Waals surface area contributed by atoms with Gasteiger partial charge in [-0.25, -0.2) is 4.39 Å². The Bertz CT molecular complexity index is 435. The third kappa shape index (κ3) is 5.16. The predicted octanol–water partition coefficient (Wildman–Crippen LogP) is 4.00. The number of rotatable bonds is 5. The largest absolute Gasteiger partial charge is 0.353 e. The highest BCUT2D eigenvalue weighted by atomic mass is 32.2. The Morgan fingerprint density at radius 2 is 2.10 bits per heavy atom. The number of nitrogens with one attached hydrogen (secondary N) is 1. The Hall–Kier alpha value is -1.03. The minimum absolute atomic E-state index is 0.138. The van der Waals surface area contributed by atoms with Gasteiger partial charge in [0.2, 0.25) is 5.91 Å². The number of carbonyl (C=O) groups excluding carboxylic acids is 1. The second kappa shape index (κ2) is 7.67. The van der Waals surface area contributed by atoms with E-state index in [0.717, 1.165) is 29.4 Å². The van der Waals surface area contributed by atoms with E-state index in [1.54, 1.807) is 23.9 Å². The van der Waals surface area contributed by atoms with Crippen molar-refractivity contribution >= 4 is 17.7 Å². The van der Waals surface area contributed by atoms with E-state index in [4.69, 9.17) is 0 Å². The standard InChI is InChI=1S/C16H22FNOS/c1-12-3-2-4-14(11-12)18-16(19)9-10-20-15-7-5-13(17)6-8-15/h5-8,12,14H,2-4,9-11H2,1H3,(H,18,19). The summed E-state index contributed by atoms with van der Waals surface area (Å²) in [7, 11) is 0. The van der Waals surface area contributed by atoms with Crippen LogP contribution in [0.4, 0.5) is 4.39 Å². The number of halogens is 1. The maximum absolute atomic E-state index is 12.8. The first kappa shape index (κ1) is 15.4. The fraction of sp³-hybridized carbons (Fsp3) is 0.562. The number of thioether (sulfide) groups is 1. The van der Waals surface area contributed by atoms with Crippen LogP contribution in [0.2, 0.25) is 0 Å². The van der Waals surface area contributed by atoms with Crippen LogP contribution >= 0.6 is 11.8 Å². The van der Waals surface area contributed by atoms with Crippen molar-refractivity contribution in [1.29, 1.82) is 0 Å². The number of benzene rings is 1. The van der Waals surface area contributed by atoms with Gasteiger partial charge in [0.1, 0.15) is 5.82 Å². The van der Waals surface area contributed by atoms with Crippen LogP contribution in [0.25, 0.3) is 0 Å². The van der Waals surface area contributed by atoms with E-state index in [2.05, 4.69) is 12.2 Å². The van der Waals surface area contributed by atoms with E-state index in [9.17, 15) is 9.18 Å². The molecule has 2 atom stereocenters. The van der Waals surface area contributed by atoms with E-state index in [1.165, 1.54) is 25.0 Å². The lowest BCUT2D eigenvalue weighted by Gasteiger charge is -2.27. The number of amides is 1. The Balaban J connectivity index is 1.66. The molecule has 0 saturated heterocycles. The van der Waals surface area contributed by atoms with Crippen LogP contribution < -0.4 is 5.32 Å². The number of hydrogen-bond donors (Lipinski definition) is 1. The van der Waals surface area contributed by atoms with Crippen molar-refractivity contribution < 1.29 is 9.18 Å². The molecule has 1 aromatic carbocycles. The summed E-state index contributed by atoms with van der Waals surface area (Å²) in [5.41, 5.74) is 0. The quantitative estimate of drug-likeness (QED) is 0.832. The molecule has 2 nitrogen and oxygen atoms in total. The van der Waals surface area contributed by atoms with E-state index >= 15 is 0 Å². The molecule has 1 amide bonds. The Labute approximate surface area is 124 Å². The molecule has 1 fully saturated rings. The summed E-state index contributed by atoms with van der Waals surface area (Å²) in [6.45, 7) is 2.25. The van der Waals surface area contributed by atoms with E-state index in [1.807, 2.05) is 0 Å². The molecular weight excluding hydrogens is 273 g/mol. The summed E-state index contributed by atoms with van der Waals surface area (Å²) >= 11 is 1.59. The fourth-order valence-corrected chi connectivity index (χ4v) is 3.51. The lowest BCUT2D eigenvalue weighted by atomic mass is 9.87. The molecule has 0 spiro atoms. The molecule has 110 valence electrons. The zero-order chi connectivity index (χ0) is 14.4. The second-order valence-electron chi connectivity index (χ2n) is 5.59. The summed E-state index contributed by atoms with van der Waals surface area (Å²) in [5.74, 6) is 1.37. The molecule has 0 aliphatic heterocycles. The first-order chi connectivity index (χ1) is 9.63. The second-order valence-corrected chi connectivity index (χ2v) is 6.76. The van der Waals surface area contributed by atoms with Gasteiger partial charge in [0.05, 0.1) is 0 Å². The van der Waals surface area contributed by atoms with E-state index in [0.29, 0.717) is 12.5 Å². The molecule has 2 rings (SSSR count). The molecule has 0 aromatic heterocycles. The molecule has 20 heavy (non-hydrogen) atoms. The zero-order valence-corrected chi connectivity index (χ0v) is 12.7. The van der Waals surface area contributed by atoms with Crippen LogP contribution in [0.15, 0.2) is 29.2 Å². The van der Waals surface area contributed by atoms with Crippen molar-refractivity contribution in [2.45, 2.75) is 50.0 Å². The van der Waals surface area contributed by atoms with Crippen LogP contribution in [0.3, 0.4) is 0 Å². The third-order valence-electron chi connectivity index (χ3n) is 3.71. The Morgan fingerprint density at radius 1 is 1.35 bits per heavy atom. The normalized spacial score (nSPS) is 22.5. The van der Waals surface area contributed by atoms with Crippen LogP contribution in [-0.4, -0.2) is 17.7 Å². The maximum Gasteiger partial charge on any atom is 0.221 e. The molecule has 0 radical (unpaired) electrons. The van der Waals surface area contributed by atoms with Gasteiger partial charge in [-0.15, -0.1) is 11.8 Å². The topological polar surface area (TPSA) is 29.1 Å². The molecule has 4 heteroatoms. The Kier molecular flexibility index (Phi) is 5.89. The van der Waals surface area contributed by atoms with Crippen molar-refractivity contribution in [3.63, 3.8) is 0 Å². The zero-order valence-electron chi connectivity index (χ0n) is 11.9. The molecule has 1 aromatic rings. The first-order valence-corrected chi connectivity index (χ1v) is 8.30. The van der Waals surface area contributed by atoms with Crippen molar-refractivity contribution in [3.05, 3.63) is 30.1 Å². The Morgan fingerprint density at radius 3 is 2.80 bits per heavy atom. The van der Waals surface area contributed by atoms with Gasteiger partial charge < -0.3 is 5.32 Å². The molecule has 2 unspecified atom stereocenters.